The second-order valence-electron chi connectivity index (χ2n) is 2.81. The van der Waals surface area contributed by atoms with Crippen LogP contribution in [-0.2, 0) is 14.3 Å². The second kappa shape index (κ2) is 6.16. The smallest absolute Gasteiger partial charge is 0.331 e. The molecule has 0 aliphatic heterocycles. The Morgan fingerprint density at radius 1 is 1.45 bits per heavy atom. The van der Waals surface area contributed by atoms with Crippen molar-refractivity contribution in [3.05, 3.63) is 0 Å². The lowest BCUT2D eigenvalue weighted by atomic mass is 10.1. The first-order valence-corrected chi connectivity index (χ1v) is 3.81. The molecule has 11 heavy (non-hydrogen) atoms. The number of hydrogen-bond donors (Lipinski definition) is 0. The third kappa shape index (κ3) is 7.33. The molecule has 0 N–H and O–H groups in total. The van der Waals surface area contributed by atoms with Crippen LogP contribution in [0.5, 0.6) is 0 Å². The molecule has 0 aromatic rings. The zero-order chi connectivity index (χ0) is 8.69. The van der Waals surface area contributed by atoms with Crippen molar-refractivity contribution in [1.29, 1.82) is 0 Å². The number of hydrogen-bond acceptors (Lipinski definition) is 3. The molecule has 3 nitrogen and oxygen atoms in total. The normalized spacial score (nSPS) is 10.2. The van der Waals surface area contributed by atoms with Gasteiger partial charge in [0.25, 0.3) is 0 Å². The maximum absolute atomic E-state index is 10.5. The Balaban J connectivity index is 3.08. The highest BCUT2D eigenvalue weighted by atomic mass is 16.6. The number of ether oxygens (including phenoxy) is 2. The molecule has 0 aromatic carbocycles. The van der Waals surface area contributed by atoms with Gasteiger partial charge in [-0.3, -0.25) is 0 Å². The van der Waals surface area contributed by atoms with Crippen LogP contribution in [0.15, 0.2) is 0 Å². The molecule has 0 heterocycles. The van der Waals surface area contributed by atoms with Gasteiger partial charge in [0.05, 0.1) is 7.11 Å². The van der Waals surface area contributed by atoms with Crippen LogP contribution >= 0.6 is 0 Å². The Morgan fingerprint density at radius 2 is 2.09 bits per heavy atom. The summed E-state index contributed by atoms with van der Waals surface area (Å²) in [5.41, 5.74) is 0. The van der Waals surface area contributed by atoms with Gasteiger partial charge >= 0.3 is 5.97 Å². The molecular weight excluding hydrogens is 144 g/mol. The summed E-state index contributed by atoms with van der Waals surface area (Å²) in [4.78, 5) is 10.5. The van der Waals surface area contributed by atoms with Gasteiger partial charge in [-0.05, 0) is 12.3 Å². The van der Waals surface area contributed by atoms with Gasteiger partial charge in [0.1, 0.15) is 6.61 Å². The predicted octanol–water partition coefficient (Wildman–Crippen LogP) is 1.22. The molecule has 0 aliphatic carbocycles. The fraction of sp³-hybridized carbons (Fsp3) is 0.875. The standard InChI is InChI=1S/C8H16O3/c1-7(2)4-5-11-6-8(9)10-3/h7H,4-6H2,1-3H3. The minimum Gasteiger partial charge on any atom is -0.467 e. The number of esters is 1. The molecule has 0 rings (SSSR count). The quantitative estimate of drug-likeness (QED) is 0.448. The molecule has 66 valence electrons. The van der Waals surface area contributed by atoms with Crippen LogP contribution in [0.2, 0.25) is 0 Å². The first kappa shape index (κ1) is 10.4. The van der Waals surface area contributed by atoms with E-state index in [4.69, 9.17) is 4.74 Å². The highest BCUT2D eigenvalue weighted by Crippen LogP contribution is 1.98. The summed E-state index contributed by atoms with van der Waals surface area (Å²) in [7, 11) is 1.36. The molecule has 0 aromatic heterocycles. The molecule has 0 saturated heterocycles. The van der Waals surface area contributed by atoms with Crippen LogP contribution in [-0.4, -0.2) is 26.3 Å². The van der Waals surface area contributed by atoms with Crippen molar-refractivity contribution in [2.75, 3.05) is 20.3 Å². The van der Waals surface area contributed by atoms with E-state index in [1.165, 1.54) is 7.11 Å². The van der Waals surface area contributed by atoms with Gasteiger partial charge in [0.15, 0.2) is 0 Å². The van der Waals surface area contributed by atoms with Crippen LogP contribution < -0.4 is 0 Å². The van der Waals surface area contributed by atoms with E-state index in [9.17, 15) is 4.79 Å². The molecular formula is C8H16O3. The lowest BCUT2D eigenvalue weighted by Crippen LogP contribution is -2.11. The Hall–Kier alpha value is -0.570. The van der Waals surface area contributed by atoms with Crippen molar-refractivity contribution >= 4 is 5.97 Å². The zero-order valence-electron chi connectivity index (χ0n) is 7.42. The molecule has 0 fully saturated rings. The first-order valence-electron chi connectivity index (χ1n) is 3.81. The first-order chi connectivity index (χ1) is 5.16. The highest BCUT2D eigenvalue weighted by molar-refractivity contribution is 5.70. The van der Waals surface area contributed by atoms with E-state index in [-0.39, 0.29) is 12.6 Å². The Bertz CT molecular complexity index is 110. The summed E-state index contributed by atoms with van der Waals surface area (Å²) in [5.74, 6) is 0.307. The summed E-state index contributed by atoms with van der Waals surface area (Å²) in [5, 5.41) is 0. The average Bonchev–Trinajstić information content (AvgIpc) is 1.97. The topological polar surface area (TPSA) is 35.5 Å². The summed E-state index contributed by atoms with van der Waals surface area (Å²) < 4.78 is 9.42. The Labute approximate surface area is 67.7 Å². The lowest BCUT2D eigenvalue weighted by molar-refractivity contribution is -0.146. The summed E-state index contributed by atoms with van der Waals surface area (Å²) in [6.07, 6.45) is 0.983. The van der Waals surface area contributed by atoms with E-state index in [2.05, 4.69) is 18.6 Å². The molecule has 0 saturated carbocycles. The van der Waals surface area contributed by atoms with Crippen LogP contribution in [0.4, 0.5) is 0 Å². The van der Waals surface area contributed by atoms with E-state index < -0.39 is 0 Å². The second-order valence-corrected chi connectivity index (χ2v) is 2.81. The zero-order valence-corrected chi connectivity index (χ0v) is 7.42. The van der Waals surface area contributed by atoms with Gasteiger partial charge in [0.2, 0.25) is 0 Å². The van der Waals surface area contributed by atoms with Crippen LogP contribution in [0.3, 0.4) is 0 Å². The average molecular weight is 160 g/mol. The van der Waals surface area contributed by atoms with Gasteiger partial charge in [-0.1, -0.05) is 13.8 Å². The monoisotopic (exact) mass is 160 g/mol. The summed E-state index contributed by atoms with van der Waals surface area (Å²) in [6, 6.07) is 0. The largest absolute Gasteiger partial charge is 0.467 e. The summed E-state index contributed by atoms with van der Waals surface area (Å²) in [6.45, 7) is 4.93. The molecule has 0 atom stereocenters. The third-order valence-corrected chi connectivity index (χ3v) is 1.29. The molecule has 0 amide bonds. The van der Waals surface area contributed by atoms with Gasteiger partial charge in [0, 0.05) is 6.61 Å². The van der Waals surface area contributed by atoms with Gasteiger partial charge in [-0.15, -0.1) is 0 Å². The Morgan fingerprint density at radius 3 is 2.55 bits per heavy atom. The molecule has 0 bridgehead atoms. The number of rotatable bonds is 5. The van der Waals surface area contributed by atoms with Crippen molar-refractivity contribution in [2.24, 2.45) is 5.92 Å². The van der Waals surface area contributed by atoms with E-state index in [0.29, 0.717) is 12.5 Å². The SMILES string of the molecule is COC(=O)COCCC(C)C. The fourth-order valence-electron chi connectivity index (χ4n) is 0.533. The maximum Gasteiger partial charge on any atom is 0.331 e. The number of carbonyl (C=O) groups is 1. The summed E-state index contributed by atoms with van der Waals surface area (Å²) >= 11 is 0. The highest BCUT2D eigenvalue weighted by Gasteiger charge is 1.99. The molecule has 0 radical (unpaired) electrons. The maximum atomic E-state index is 10.5. The minimum atomic E-state index is -0.311. The lowest BCUT2D eigenvalue weighted by Gasteiger charge is -2.04. The fourth-order valence-corrected chi connectivity index (χ4v) is 0.533. The van der Waals surface area contributed by atoms with Crippen LogP contribution in [0.1, 0.15) is 20.3 Å². The van der Waals surface area contributed by atoms with Crippen LogP contribution in [0.25, 0.3) is 0 Å². The van der Waals surface area contributed by atoms with Crippen molar-refractivity contribution in [1.82, 2.24) is 0 Å². The predicted molar refractivity (Wildman–Crippen MR) is 42.3 cm³/mol. The third-order valence-electron chi connectivity index (χ3n) is 1.29. The van der Waals surface area contributed by atoms with E-state index in [1.54, 1.807) is 0 Å². The van der Waals surface area contributed by atoms with Crippen molar-refractivity contribution in [3.63, 3.8) is 0 Å². The Kier molecular flexibility index (Phi) is 5.84. The van der Waals surface area contributed by atoms with Gasteiger partial charge < -0.3 is 9.47 Å². The number of methoxy groups -OCH3 is 1. The molecule has 0 spiro atoms. The van der Waals surface area contributed by atoms with E-state index >= 15 is 0 Å². The van der Waals surface area contributed by atoms with Gasteiger partial charge in [-0.25, -0.2) is 4.79 Å². The van der Waals surface area contributed by atoms with Crippen molar-refractivity contribution in [3.8, 4) is 0 Å². The van der Waals surface area contributed by atoms with E-state index in [1.807, 2.05) is 0 Å². The minimum absolute atomic E-state index is 0.0726. The number of carbonyl (C=O) groups excluding carboxylic acids is 1. The molecule has 0 unspecified atom stereocenters. The van der Waals surface area contributed by atoms with E-state index in [0.717, 1.165) is 6.42 Å². The van der Waals surface area contributed by atoms with Crippen molar-refractivity contribution < 1.29 is 14.3 Å². The van der Waals surface area contributed by atoms with Gasteiger partial charge in [-0.2, -0.15) is 0 Å². The molecule has 3 heteroatoms. The van der Waals surface area contributed by atoms with Crippen molar-refractivity contribution in [2.45, 2.75) is 20.3 Å². The van der Waals surface area contributed by atoms with Crippen LogP contribution in [0, 0.1) is 5.92 Å². The molecule has 0 aliphatic rings.